The summed E-state index contributed by atoms with van der Waals surface area (Å²) in [6.45, 7) is 3.61. The SMILES string of the molecule is C=CCC(N)=C(N)c1ccccc1. The van der Waals surface area contributed by atoms with Crippen LogP contribution < -0.4 is 11.5 Å². The van der Waals surface area contributed by atoms with Crippen LogP contribution in [0.4, 0.5) is 0 Å². The third kappa shape index (κ3) is 2.37. The predicted octanol–water partition coefficient (Wildman–Crippen LogP) is 1.85. The first kappa shape index (κ1) is 9.39. The summed E-state index contributed by atoms with van der Waals surface area (Å²) in [4.78, 5) is 0. The normalized spacial score (nSPS) is 12.0. The first-order valence-corrected chi connectivity index (χ1v) is 4.16. The molecule has 0 saturated heterocycles. The molecule has 2 nitrogen and oxygen atoms in total. The van der Waals surface area contributed by atoms with Crippen LogP contribution in [0.2, 0.25) is 0 Å². The zero-order valence-electron chi connectivity index (χ0n) is 7.53. The van der Waals surface area contributed by atoms with Gasteiger partial charge >= 0.3 is 0 Å². The maximum absolute atomic E-state index is 5.83. The number of nitrogens with two attached hydrogens (primary N) is 2. The fraction of sp³-hybridized carbons (Fsp3) is 0.0909. The Morgan fingerprint density at radius 1 is 1.23 bits per heavy atom. The quantitative estimate of drug-likeness (QED) is 0.687. The van der Waals surface area contributed by atoms with Crippen molar-refractivity contribution in [2.24, 2.45) is 11.5 Å². The van der Waals surface area contributed by atoms with Crippen LogP contribution in [0, 0.1) is 0 Å². The lowest BCUT2D eigenvalue weighted by Gasteiger charge is -2.05. The highest BCUT2D eigenvalue weighted by molar-refractivity contribution is 5.65. The second kappa shape index (κ2) is 4.36. The lowest BCUT2D eigenvalue weighted by molar-refractivity contribution is 1.16. The molecule has 0 unspecified atom stereocenters. The summed E-state index contributed by atoms with van der Waals surface area (Å²) >= 11 is 0. The maximum atomic E-state index is 5.83. The van der Waals surface area contributed by atoms with Gasteiger partial charge < -0.3 is 11.5 Å². The molecule has 0 amide bonds. The van der Waals surface area contributed by atoms with Crippen molar-refractivity contribution in [3.8, 4) is 0 Å². The first-order chi connectivity index (χ1) is 6.25. The van der Waals surface area contributed by atoms with Gasteiger partial charge in [0.05, 0.1) is 5.70 Å². The van der Waals surface area contributed by atoms with Crippen molar-refractivity contribution in [2.45, 2.75) is 6.42 Å². The standard InChI is InChI=1S/C11H14N2/c1-2-6-10(12)11(13)9-7-4-3-5-8-9/h2-5,7-8H,1,6,12-13H2. The number of hydrogen-bond acceptors (Lipinski definition) is 2. The summed E-state index contributed by atoms with van der Waals surface area (Å²) in [7, 11) is 0. The van der Waals surface area contributed by atoms with Crippen molar-refractivity contribution in [3.05, 3.63) is 54.2 Å². The van der Waals surface area contributed by atoms with E-state index in [4.69, 9.17) is 11.5 Å². The fourth-order valence-corrected chi connectivity index (χ4v) is 1.07. The highest BCUT2D eigenvalue weighted by atomic mass is 14.7. The molecular formula is C11H14N2. The van der Waals surface area contributed by atoms with Gasteiger partial charge in [-0.1, -0.05) is 36.4 Å². The van der Waals surface area contributed by atoms with E-state index in [2.05, 4.69) is 6.58 Å². The molecule has 0 fully saturated rings. The zero-order chi connectivity index (χ0) is 9.68. The van der Waals surface area contributed by atoms with Gasteiger partial charge in [-0.15, -0.1) is 6.58 Å². The summed E-state index contributed by atoms with van der Waals surface area (Å²) in [5.41, 5.74) is 13.8. The summed E-state index contributed by atoms with van der Waals surface area (Å²) in [6.07, 6.45) is 2.37. The van der Waals surface area contributed by atoms with Crippen LogP contribution in [0.5, 0.6) is 0 Å². The molecule has 0 atom stereocenters. The highest BCUT2D eigenvalue weighted by Gasteiger charge is 1.99. The van der Waals surface area contributed by atoms with Crippen molar-refractivity contribution in [1.29, 1.82) is 0 Å². The topological polar surface area (TPSA) is 52.0 Å². The zero-order valence-corrected chi connectivity index (χ0v) is 7.53. The summed E-state index contributed by atoms with van der Waals surface area (Å²) < 4.78 is 0. The largest absolute Gasteiger partial charge is 0.400 e. The average molecular weight is 174 g/mol. The molecule has 2 heteroatoms. The second-order valence-electron chi connectivity index (χ2n) is 2.80. The van der Waals surface area contributed by atoms with Crippen LogP contribution in [0.25, 0.3) is 5.70 Å². The molecule has 0 aliphatic carbocycles. The molecule has 0 aliphatic rings. The van der Waals surface area contributed by atoms with Gasteiger partial charge in [-0.3, -0.25) is 0 Å². The third-order valence-electron chi connectivity index (χ3n) is 1.79. The molecule has 0 bridgehead atoms. The second-order valence-corrected chi connectivity index (χ2v) is 2.80. The van der Waals surface area contributed by atoms with E-state index in [-0.39, 0.29) is 0 Å². The lowest BCUT2D eigenvalue weighted by Crippen LogP contribution is -2.07. The Bertz CT molecular complexity index is 312. The minimum atomic E-state index is 0.626. The molecule has 0 heterocycles. The molecule has 0 saturated carbocycles. The van der Waals surface area contributed by atoms with E-state index in [1.807, 2.05) is 30.3 Å². The van der Waals surface area contributed by atoms with Gasteiger partial charge in [-0.05, 0) is 5.56 Å². The number of benzene rings is 1. The predicted molar refractivity (Wildman–Crippen MR) is 56.6 cm³/mol. The molecule has 1 rings (SSSR count). The van der Waals surface area contributed by atoms with Gasteiger partial charge in [0, 0.05) is 12.1 Å². The van der Waals surface area contributed by atoms with Crippen molar-refractivity contribution >= 4 is 5.70 Å². The monoisotopic (exact) mass is 174 g/mol. The summed E-state index contributed by atoms with van der Waals surface area (Å²) in [6, 6.07) is 9.68. The van der Waals surface area contributed by atoms with Gasteiger partial charge in [0.2, 0.25) is 0 Å². The van der Waals surface area contributed by atoms with Gasteiger partial charge in [-0.2, -0.15) is 0 Å². The number of hydrogen-bond donors (Lipinski definition) is 2. The van der Waals surface area contributed by atoms with E-state index >= 15 is 0 Å². The third-order valence-corrected chi connectivity index (χ3v) is 1.79. The molecule has 0 spiro atoms. The molecule has 0 aliphatic heterocycles. The maximum Gasteiger partial charge on any atom is 0.0581 e. The molecular weight excluding hydrogens is 160 g/mol. The van der Waals surface area contributed by atoms with Crippen molar-refractivity contribution in [3.63, 3.8) is 0 Å². The molecule has 1 aromatic carbocycles. The number of rotatable bonds is 3. The Kier molecular flexibility index (Phi) is 3.15. The van der Waals surface area contributed by atoms with E-state index in [0.717, 1.165) is 5.56 Å². The fourth-order valence-electron chi connectivity index (χ4n) is 1.07. The van der Waals surface area contributed by atoms with Crippen LogP contribution in [0.1, 0.15) is 12.0 Å². The minimum absolute atomic E-state index is 0.626. The molecule has 68 valence electrons. The van der Waals surface area contributed by atoms with Gasteiger partial charge in [0.1, 0.15) is 0 Å². The Morgan fingerprint density at radius 3 is 2.38 bits per heavy atom. The molecule has 0 radical (unpaired) electrons. The van der Waals surface area contributed by atoms with Crippen LogP contribution in [0.15, 0.2) is 48.7 Å². The summed E-state index contributed by atoms with van der Waals surface area (Å²) in [5.74, 6) is 0. The van der Waals surface area contributed by atoms with E-state index in [0.29, 0.717) is 17.8 Å². The van der Waals surface area contributed by atoms with E-state index in [1.54, 1.807) is 6.08 Å². The van der Waals surface area contributed by atoms with Crippen molar-refractivity contribution in [1.82, 2.24) is 0 Å². The van der Waals surface area contributed by atoms with Crippen molar-refractivity contribution < 1.29 is 0 Å². The molecule has 4 N–H and O–H groups in total. The minimum Gasteiger partial charge on any atom is -0.400 e. The Labute approximate surface area is 78.6 Å². The smallest absolute Gasteiger partial charge is 0.0581 e. The van der Waals surface area contributed by atoms with E-state index in [9.17, 15) is 0 Å². The first-order valence-electron chi connectivity index (χ1n) is 4.16. The molecule has 1 aromatic rings. The highest BCUT2D eigenvalue weighted by Crippen LogP contribution is 2.11. The van der Waals surface area contributed by atoms with Crippen molar-refractivity contribution in [2.75, 3.05) is 0 Å². The van der Waals surface area contributed by atoms with E-state index < -0.39 is 0 Å². The van der Waals surface area contributed by atoms with Crippen LogP contribution in [-0.2, 0) is 0 Å². The van der Waals surface area contributed by atoms with Gasteiger partial charge in [0.15, 0.2) is 0 Å². The van der Waals surface area contributed by atoms with Crippen LogP contribution in [-0.4, -0.2) is 0 Å². The Hall–Kier alpha value is -1.70. The Morgan fingerprint density at radius 2 is 1.85 bits per heavy atom. The average Bonchev–Trinajstić information content (AvgIpc) is 2.18. The lowest BCUT2D eigenvalue weighted by atomic mass is 10.1. The van der Waals surface area contributed by atoms with E-state index in [1.165, 1.54) is 0 Å². The summed E-state index contributed by atoms with van der Waals surface area (Å²) in [5, 5.41) is 0. The molecule has 13 heavy (non-hydrogen) atoms. The van der Waals surface area contributed by atoms with Crippen LogP contribution >= 0.6 is 0 Å². The Balaban J connectivity index is 2.95. The molecule has 0 aromatic heterocycles. The van der Waals surface area contributed by atoms with Crippen LogP contribution in [0.3, 0.4) is 0 Å². The van der Waals surface area contributed by atoms with Gasteiger partial charge in [0.25, 0.3) is 0 Å². The number of allylic oxidation sites excluding steroid dienone is 1. The van der Waals surface area contributed by atoms with Gasteiger partial charge in [-0.25, -0.2) is 0 Å².